The van der Waals surface area contributed by atoms with E-state index in [0.717, 1.165) is 23.4 Å². The summed E-state index contributed by atoms with van der Waals surface area (Å²) in [5, 5.41) is 11.3. The Morgan fingerprint density at radius 3 is 2.44 bits per heavy atom. The van der Waals surface area contributed by atoms with Gasteiger partial charge in [0.05, 0.1) is 18.6 Å². The molecule has 2 aromatic carbocycles. The number of methoxy groups -OCH3 is 1. The number of anilines is 1. The third-order valence-electron chi connectivity index (χ3n) is 3.58. The first-order valence-corrected chi connectivity index (χ1v) is 8.89. The van der Waals surface area contributed by atoms with Gasteiger partial charge in [0, 0.05) is 17.3 Å². The van der Waals surface area contributed by atoms with Crippen molar-refractivity contribution in [1.82, 2.24) is 10.2 Å². The van der Waals surface area contributed by atoms with Crippen LogP contribution in [0.2, 0.25) is 0 Å². The van der Waals surface area contributed by atoms with Crippen molar-refractivity contribution in [2.45, 2.75) is 5.03 Å². The molecule has 1 aromatic heterocycles. The minimum absolute atomic E-state index is 0.0650. The van der Waals surface area contributed by atoms with E-state index in [1.54, 1.807) is 13.2 Å². The molecule has 0 unspecified atom stereocenters. The zero-order valence-electron chi connectivity index (χ0n) is 14.3. The fourth-order valence-electron chi connectivity index (χ4n) is 2.22. The maximum atomic E-state index is 13.1. The van der Waals surface area contributed by atoms with Crippen LogP contribution in [0.1, 0.15) is 0 Å². The van der Waals surface area contributed by atoms with E-state index in [0.29, 0.717) is 10.7 Å². The topological polar surface area (TPSA) is 64.1 Å². The predicted molar refractivity (Wildman–Crippen MR) is 99.7 cm³/mol. The number of nitrogens with one attached hydrogen (secondary N) is 1. The van der Waals surface area contributed by atoms with Crippen molar-refractivity contribution in [2.24, 2.45) is 0 Å². The number of carbonyl (C=O) groups excluding carboxylic acids is 1. The smallest absolute Gasteiger partial charge is 0.234 e. The van der Waals surface area contributed by atoms with Gasteiger partial charge in [-0.1, -0.05) is 11.8 Å². The summed E-state index contributed by atoms with van der Waals surface area (Å²) in [5.41, 5.74) is 1.80. The van der Waals surface area contributed by atoms with Gasteiger partial charge in [-0.2, -0.15) is 0 Å². The minimum atomic E-state index is -1.01. The van der Waals surface area contributed by atoms with Crippen LogP contribution < -0.4 is 10.1 Å². The van der Waals surface area contributed by atoms with Crippen molar-refractivity contribution in [3.05, 3.63) is 66.2 Å². The molecule has 138 valence electrons. The van der Waals surface area contributed by atoms with Gasteiger partial charge in [0.1, 0.15) is 10.8 Å². The van der Waals surface area contributed by atoms with Crippen LogP contribution in [0.25, 0.3) is 11.3 Å². The lowest BCUT2D eigenvalue weighted by Crippen LogP contribution is -2.14. The van der Waals surface area contributed by atoms with Crippen molar-refractivity contribution >= 4 is 23.4 Å². The molecule has 0 fully saturated rings. The van der Waals surface area contributed by atoms with Crippen LogP contribution in [0.4, 0.5) is 14.5 Å². The molecule has 0 bridgehead atoms. The van der Waals surface area contributed by atoms with Crippen LogP contribution in [0.5, 0.6) is 5.75 Å². The summed E-state index contributed by atoms with van der Waals surface area (Å²) in [7, 11) is 1.60. The second-order valence-corrected chi connectivity index (χ2v) is 6.45. The summed E-state index contributed by atoms with van der Waals surface area (Å²) in [4.78, 5) is 11.9. The standard InChI is InChI=1S/C19H15F2N3O2S/c1-26-14-5-2-12(3-6-14)17-8-9-19(24-23-17)27-11-18(25)22-13-4-7-15(20)16(21)10-13/h2-10H,11H2,1H3,(H,22,25). The first-order valence-electron chi connectivity index (χ1n) is 7.91. The van der Waals surface area contributed by atoms with E-state index in [-0.39, 0.29) is 17.3 Å². The number of thioether (sulfide) groups is 1. The second kappa shape index (κ2) is 8.59. The van der Waals surface area contributed by atoms with E-state index >= 15 is 0 Å². The molecule has 0 spiro atoms. The van der Waals surface area contributed by atoms with Crippen LogP contribution in [0.15, 0.2) is 59.6 Å². The number of hydrogen-bond donors (Lipinski definition) is 1. The molecular formula is C19H15F2N3O2S. The van der Waals surface area contributed by atoms with Crippen molar-refractivity contribution in [3.8, 4) is 17.0 Å². The zero-order valence-corrected chi connectivity index (χ0v) is 15.1. The molecule has 3 rings (SSSR count). The van der Waals surface area contributed by atoms with Gasteiger partial charge in [-0.3, -0.25) is 4.79 Å². The fourth-order valence-corrected chi connectivity index (χ4v) is 2.84. The van der Waals surface area contributed by atoms with E-state index in [2.05, 4.69) is 15.5 Å². The number of carbonyl (C=O) groups is 1. The highest BCUT2D eigenvalue weighted by Gasteiger charge is 2.08. The Balaban J connectivity index is 1.56. The third-order valence-corrected chi connectivity index (χ3v) is 4.50. The molecular weight excluding hydrogens is 372 g/mol. The maximum absolute atomic E-state index is 13.1. The second-order valence-electron chi connectivity index (χ2n) is 5.45. The molecule has 1 N–H and O–H groups in total. The molecule has 0 saturated carbocycles. The number of hydrogen-bond acceptors (Lipinski definition) is 5. The Labute approximate surface area is 158 Å². The summed E-state index contributed by atoms with van der Waals surface area (Å²) in [6.45, 7) is 0. The molecule has 27 heavy (non-hydrogen) atoms. The average molecular weight is 387 g/mol. The van der Waals surface area contributed by atoms with Gasteiger partial charge in [-0.05, 0) is 48.5 Å². The lowest BCUT2D eigenvalue weighted by atomic mass is 10.1. The molecule has 0 aliphatic rings. The first kappa shape index (κ1) is 18.8. The number of benzene rings is 2. The number of halogens is 2. The number of ether oxygens (including phenoxy) is 1. The first-order chi connectivity index (χ1) is 13.0. The summed E-state index contributed by atoms with van der Waals surface area (Å²) in [6, 6.07) is 14.2. The zero-order chi connectivity index (χ0) is 19.2. The monoisotopic (exact) mass is 387 g/mol. The van der Waals surface area contributed by atoms with Gasteiger partial charge in [0.2, 0.25) is 5.91 Å². The fraction of sp³-hybridized carbons (Fsp3) is 0.105. The van der Waals surface area contributed by atoms with Crippen molar-refractivity contribution in [1.29, 1.82) is 0 Å². The normalized spacial score (nSPS) is 10.5. The number of nitrogens with zero attached hydrogens (tertiary/aromatic N) is 2. The Bertz CT molecular complexity index is 935. The highest BCUT2D eigenvalue weighted by atomic mass is 32.2. The van der Waals surface area contributed by atoms with Crippen LogP contribution in [0.3, 0.4) is 0 Å². The van der Waals surface area contributed by atoms with Crippen molar-refractivity contribution < 1.29 is 18.3 Å². The van der Waals surface area contributed by atoms with Gasteiger partial charge in [0.15, 0.2) is 11.6 Å². The molecule has 1 heterocycles. The van der Waals surface area contributed by atoms with Crippen LogP contribution in [-0.4, -0.2) is 29.0 Å². The summed E-state index contributed by atoms with van der Waals surface area (Å²) < 4.78 is 31.1. The van der Waals surface area contributed by atoms with Crippen molar-refractivity contribution in [3.63, 3.8) is 0 Å². The van der Waals surface area contributed by atoms with Crippen LogP contribution in [0, 0.1) is 11.6 Å². The molecule has 3 aromatic rings. The molecule has 5 nitrogen and oxygen atoms in total. The highest BCUT2D eigenvalue weighted by Crippen LogP contribution is 2.22. The third kappa shape index (κ3) is 5.01. The lowest BCUT2D eigenvalue weighted by molar-refractivity contribution is -0.113. The van der Waals surface area contributed by atoms with E-state index in [1.165, 1.54) is 17.8 Å². The lowest BCUT2D eigenvalue weighted by Gasteiger charge is -2.06. The van der Waals surface area contributed by atoms with E-state index in [4.69, 9.17) is 4.74 Å². The van der Waals surface area contributed by atoms with E-state index in [1.807, 2.05) is 30.3 Å². The summed E-state index contributed by atoms with van der Waals surface area (Å²) in [5.74, 6) is -1.51. The summed E-state index contributed by atoms with van der Waals surface area (Å²) in [6.07, 6.45) is 0. The molecule has 0 saturated heterocycles. The molecule has 0 atom stereocenters. The highest BCUT2D eigenvalue weighted by molar-refractivity contribution is 7.99. The Morgan fingerprint density at radius 2 is 1.81 bits per heavy atom. The van der Waals surface area contributed by atoms with Gasteiger partial charge in [-0.25, -0.2) is 8.78 Å². The predicted octanol–water partition coefficient (Wildman–Crippen LogP) is 4.16. The molecule has 0 radical (unpaired) electrons. The van der Waals surface area contributed by atoms with Crippen LogP contribution in [-0.2, 0) is 4.79 Å². The Morgan fingerprint density at radius 1 is 1.04 bits per heavy atom. The van der Waals surface area contributed by atoms with E-state index in [9.17, 15) is 13.6 Å². The number of rotatable bonds is 6. The molecule has 0 aliphatic heterocycles. The number of amides is 1. The molecule has 0 aliphatic carbocycles. The average Bonchev–Trinajstić information content (AvgIpc) is 2.70. The Hall–Kier alpha value is -3.00. The van der Waals surface area contributed by atoms with Gasteiger partial charge < -0.3 is 10.1 Å². The molecule has 1 amide bonds. The minimum Gasteiger partial charge on any atom is -0.497 e. The van der Waals surface area contributed by atoms with Gasteiger partial charge in [0.25, 0.3) is 0 Å². The van der Waals surface area contributed by atoms with Crippen LogP contribution >= 0.6 is 11.8 Å². The van der Waals surface area contributed by atoms with E-state index < -0.39 is 11.6 Å². The SMILES string of the molecule is COc1ccc(-c2ccc(SCC(=O)Nc3ccc(F)c(F)c3)nn2)cc1. The molecule has 8 heteroatoms. The van der Waals surface area contributed by atoms with Crippen molar-refractivity contribution in [2.75, 3.05) is 18.2 Å². The Kier molecular flexibility index (Phi) is 5.97. The largest absolute Gasteiger partial charge is 0.497 e. The van der Waals surface area contributed by atoms with Gasteiger partial charge >= 0.3 is 0 Å². The maximum Gasteiger partial charge on any atom is 0.234 e. The summed E-state index contributed by atoms with van der Waals surface area (Å²) >= 11 is 1.19. The quantitative estimate of drug-likeness (QED) is 0.644. The number of aromatic nitrogens is 2. The van der Waals surface area contributed by atoms with Gasteiger partial charge in [-0.15, -0.1) is 10.2 Å².